The van der Waals surface area contributed by atoms with E-state index in [1.54, 1.807) is 11.3 Å². The van der Waals surface area contributed by atoms with Gasteiger partial charge in [-0.05, 0) is 76.0 Å². The first-order chi connectivity index (χ1) is 14.0. The Labute approximate surface area is 178 Å². The third-order valence-corrected chi connectivity index (χ3v) is 6.26. The topological polar surface area (TPSA) is 45.2 Å². The second kappa shape index (κ2) is 9.99. The van der Waals surface area contributed by atoms with E-state index < -0.39 is 0 Å². The first-order valence-electron chi connectivity index (χ1n) is 10.5. The predicted octanol–water partition coefficient (Wildman–Crippen LogP) is 5.51. The molecule has 0 saturated heterocycles. The lowest BCUT2D eigenvalue weighted by Gasteiger charge is -2.20. The minimum atomic E-state index is -0.0175. The molecule has 0 aliphatic carbocycles. The fourth-order valence-electron chi connectivity index (χ4n) is 3.61. The summed E-state index contributed by atoms with van der Waals surface area (Å²) in [6.07, 6.45) is 2.06. The van der Waals surface area contributed by atoms with Crippen LogP contribution in [0.15, 0.2) is 41.8 Å². The summed E-state index contributed by atoms with van der Waals surface area (Å²) in [5.41, 5.74) is 3.55. The number of rotatable bonds is 9. The maximum atomic E-state index is 13.2. The van der Waals surface area contributed by atoms with Crippen LogP contribution in [0, 0.1) is 6.92 Å². The first kappa shape index (κ1) is 21.5. The average Bonchev–Trinajstić information content (AvgIpc) is 3.25. The van der Waals surface area contributed by atoms with Crippen LogP contribution in [0.1, 0.15) is 49.5 Å². The zero-order valence-corrected chi connectivity index (χ0v) is 18.7. The number of carbonyl (C=O) groups excluding carboxylic acids is 1. The quantitative estimate of drug-likeness (QED) is 0.507. The lowest BCUT2D eigenvalue weighted by Crippen LogP contribution is -2.33. The third kappa shape index (κ3) is 5.43. The van der Waals surface area contributed by atoms with E-state index >= 15 is 0 Å². The summed E-state index contributed by atoms with van der Waals surface area (Å²) in [5.74, 6) is -0.0175. The van der Waals surface area contributed by atoms with Crippen molar-refractivity contribution in [2.75, 3.05) is 19.6 Å². The van der Waals surface area contributed by atoms with E-state index in [0.717, 1.165) is 59.5 Å². The van der Waals surface area contributed by atoms with Gasteiger partial charge in [0.15, 0.2) is 0 Å². The molecule has 0 radical (unpaired) electrons. The van der Waals surface area contributed by atoms with Gasteiger partial charge in [-0.2, -0.15) is 0 Å². The number of benzene rings is 1. The van der Waals surface area contributed by atoms with Gasteiger partial charge in [0, 0.05) is 11.4 Å². The second-order valence-corrected chi connectivity index (χ2v) is 8.54. The number of fused-ring (bicyclic) bond motifs is 1. The summed E-state index contributed by atoms with van der Waals surface area (Å²) in [6.45, 7) is 11.7. The molecule has 1 unspecified atom stereocenters. The van der Waals surface area contributed by atoms with Gasteiger partial charge in [0.1, 0.15) is 0 Å². The summed E-state index contributed by atoms with van der Waals surface area (Å²) in [6, 6.07) is 12.2. The van der Waals surface area contributed by atoms with Gasteiger partial charge in [-0.15, -0.1) is 11.3 Å². The van der Waals surface area contributed by atoms with Crippen LogP contribution >= 0.6 is 11.3 Å². The summed E-state index contributed by atoms with van der Waals surface area (Å²) in [5, 5.41) is 6.16. The molecule has 4 nitrogen and oxygen atoms in total. The number of carbonyl (C=O) groups is 1. The molecule has 0 aliphatic heterocycles. The zero-order chi connectivity index (χ0) is 20.8. The van der Waals surface area contributed by atoms with Crippen molar-refractivity contribution in [3.05, 3.63) is 52.9 Å². The van der Waals surface area contributed by atoms with Crippen molar-refractivity contribution in [2.24, 2.45) is 0 Å². The van der Waals surface area contributed by atoms with Gasteiger partial charge >= 0.3 is 0 Å². The van der Waals surface area contributed by atoms with Crippen LogP contribution in [0.25, 0.3) is 21.5 Å². The molecule has 0 aliphatic rings. The van der Waals surface area contributed by atoms with Crippen molar-refractivity contribution in [1.29, 1.82) is 0 Å². The molecule has 154 valence electrons. The van der Waals surface area contributed by atoms with E-state index in [4.69, 9.17) is 4.98 Å². The highest BCUT2D eigenvalue weighted by Crippen LogP contribution is 2.28. The Balaban J connectivity index is 1.80. The number of amides is 1. The number of hydrogen-bond donors (Lipinski definition) is 1. The highest BCUT2D eigenvalue weighted by atomic mass is 32.1. The molecular formula is C24H31N3OS. The lowest BCUT2D eigenvalue weighted by atomic mass is 10.0. The molecule has 2 heterocycles. The van der Waals surface area contributed by atoms with Crippen LogP contribution < -0.4 is 5.32 Å². The fraction of sp³-hybridized carbons (Fsp3) is 0.417. The van der Waals surface area contributed by atoms with Gasteiger partial charge in [-0.25, -0.2) is 4.98 Å². The predicted molar refractivity (Wildman–Crippen MR) is 124 cm³/mol. The van der Waals surface area contributed by atoms with E-state index in [2.05, 4.69) is 37.1 Å². The number of hydrogen-bond acceptors (Lipinski definition) is 4. The number of thiophene rings is 1. The van der Waals surface area contributed by atoms with Crippen molar-refractivity contribution in [3.63, 3.8) is 0 Å². The van der Waals surface area contributed by atoms with Gasteiger partial charge in [-0.1, -0.05) is 31.5 Å². The molecule has 1 N–H and O–H groups in total. The Morgan fingerprint density at radius 2 is 2.00 bits per heavy atom. The van der Waals surface area contributed by atoms with Crippen LogP contribution in [0.2, 0.25) is 0 Å². The van der Waals surface area contributed by atoms with E-state index in [-0.39, 0.29) is 11.9 Å². The van der Waals surface area contributed by atoms with Gasteiger partial charge in [0.05, 0.1) is 21.7 Å². The molecule has 5 heteroatoms. The van der Waals surface area contributed by atoms with Gasteiger partial charge in [0.2, 0.25) is 0 Å². The molecule has 0 fully saturated rings. The van der Waals surface area contributed by atoms with Crippen molar-refractivity contribution in [2.45, 2.75) is 46.6 Å². The summed E-state index contributed by atoms with van der Waals surface area (Å²) < 4.78 is 0. The Morgan fingerprint density at radius 3 is 2.69 bits per heavy atom. The summed E-state index contributed by atoms with van der Waals surface area (Å²) in [7, 11) is 0. The number of nitrogens with one attached hydrogen (secondary N) is 1. The van der Waals surface area contributed by atoms with Crippen LogP contribution in [-0.2, 0) is 0 Å². The minimum absolute atomic E-state index is 0.0175. The van der Waals surface area contributed by atoms with Crippen molar-refractivity contribution in [1.82, 2.24) is 15.2 Å². The van der Waals surface area contributed by atoms with Crippen molar-refractivity contribution in [3.8, 4) is 10.6 Å². The SMILES string of the molecule is CCN(CC)CCCC(C)NC(=O)c1cc(-c2cccs2)nc2ccc(C)cc12. The van der Waals surface area contributed by atoms with Crippen LogP contribution in [0.4, 0.5) is 0 Å². The molecule has 29 heavy (non-hydrogen) atoms. The highest BCUT2D eigenvalue weighted by molar-refractivity contribution is 7.13. The third-order valence-electron chi connectivity index (χ3n) is 5.37. The molecule has 0 bridgehead atoms. The van der Waals surface area contributed by atoms with E-state index in [9.17, 15) is 4.79 Å². The normalized spacial score (nSPS) is 12.4. The molecule has 3 aromatic rings. The molecule has 1 amide bonds. The molecular weight excluding hydrogens is 378 g/mol. The van der Waals surface area contributed by atoms with E-state index in [1.165, 1.54) is 0 Å². The maximum Gasteiger partial charge on any atom is 0.252 e. The minimum Gasteiger partial charge on any atom is -0.350 e. The Hall–Kier alpha value is -2.24. The molecule has 3 rings (SSSR count). The maximum absolute atomic E-state index is 13.2. The van der Waals surface area contributed by atoms with E-state index in [0.29, 0.717) is 5.56 Å². The molecule has 0 saturated carbocycles. The van der Waals surface area contributed by atoms with Gasteiger partial charge in [-0.3, -0.25) is 4.79 Å². The van der Waals surface area contributed by atoms with Crippen LogP contribution in [0.3, 0.4) is 0 Å². The average molecular weight is 410 g/mol. The number of aromatic nitrogens is 1. The Kier molecular flexibility index (Phi) is 7.40. The monoisotopic (exact) mass is 409 g/mol. The van der Waals surface area contributed by atoms with Crippen LogP contribution in [0.5, 0.6) is 0 Å². The second-order valence-electron chi connectivity index (χ2n) is 7.60. The fourth-order valence-corrected chi connectivity index (χ4v) is 4.30. The number of pyridine rings is 1. The smallest absolute Gasteiger partial charge is 0.252 e. The standard InChI is InChI=1S/C24H31N3OS/c1-5-27(6-2)13-7-9-18(4)25-24(28)20-16-22(23-10-8-14-29-23)26-21-12-11-17(3)15-19(20)21/h8,10-12,14-16,18H,5-7,9,13H2,1-4H3,(H,25,28). The van der Waals surface area contributed by atoms with Gasteiger partial charge in [0.25, 0.3) is 5.91 Å². The highest BCUT2D eigenvalue weighted by Gasteiger charge is 2.16. The van der Waals surface area contributed by atoms with E-state index in [1.807, 2.05) is 42.6 Å². The summed E-state index contributed by atoms with van der Waals surface area (Å²) in [4.78, 5) is 21.5. The largest absolute Gasteiger partial charge is 0.350 e. The number of nitrogens with zero attached hydrogens (tertiary/aromatic N) is 2. The number of aryl methyl sites for hydroxylation is 1. The zero-order valence-electron chi connectivity index (χ0n) is 17.9. The lowest BCUT2D eigenvalue weighted by molar-refractivity contribution is 0.0939. The van der Waals surface area contributed by atoms with Gasteiger partial charge < -0.3 is 10.2 Å². The van der Waals surface area contributed by atoms with Crippen molar-refractivity contribution < 1.29 is 4.79 Å². The molecule has 2 aromatic heterocycles. The summed E-state index contributed by atoms with van der Waals surface area (Å²) >= 11 is 1.64. The molecule has 1 atom stereocenters. The molecule has 0 spiro atoms. The van der Waals surface area contributed by atoms with Crippen molar-refractivity contribution >= 4 is 28.1 Å². The van der Waals surface area contributed by atoms with Crippen LogP contribution in [-0.4, -0.2) is 41.5 Å². The molecule has 1 aromatic carbocycles. The Bertz CT molecular complexity index is 948. The first-order valence-corrected chi connectivity index (χ1v) is 11.4. The Morgan fingerprint density at radius 1 is 1.21 bits per heavy atom.